The van der Waals surface area contributed by atoms with Crippen molar-refractivity contribution in [2.45, 2.75) is 38.6 Å². The Morgan fingerprint density at radius 2 is 2.09 bits per heavy atom. The number of allylic oxidation sites excluding steroid dienone is 1. The highest BCUT2D eigenvalue weighted by molar-refractivity contribution is 5.40. The van der Waals surface area contributed by atoms with Gasteiger partial charge in [0.25, 0.3) is 0 Å². The predicted octanol–water partition coefficient (Wildman–Crippen LogP) is 3.79. The molecule has 2 aromatic heterocycles. The van der Waals surface area contributed by atoms with E-state index < -0.39 is 0 Å². The van der Waals surface area contributed by atoms with Gasteiger partial charge in [0.15, 0.2) is 0 Å². The topological polar surface area (TPSA) is 62.7 Å². The largest absolute Gasteiger partial charge is 0.370 e. The van der Waals surface area contributed by atoms with Crippen molar-refractivity contribution in [1.29, 1.82) is 0 Å². The summed E-state index contributed by atoms with van der Waals surface area (Å²) in [4.78, 5) is 12.9. The lowest BCUT2D eigenvalue weighted by Gasteiger charge is -2.13. The Morgan fingerprint density at radius 1 is 1.09 bits per heavy atom. The second-order valence-electron chi connectivity index (χ2n) is 5.77. The molecular formula is C18H23N5. The van der Waals surface area contributed by atoms with Gasteiger partial charge in [-0.15, -0.1) is 0 Å². The summed E-state index contributed by atoms with van der Waals surface area (Å²) in [6.45, 7) is 1.59. The Hall–Kier alpha value is -2.43. The molecule has 5 nitrogen and oxygen atoms in total. The third-order valence-electron chi connectivity index (χ3n) is 3.97. The fourth-order valence-corrected chi connectivity index (χ4v) is 2.71. The van der Waals surface area contributed by atoms with Crippen LogP contribution in [0.4, 0.5) is 11.8 Å². The van der Waals surface area contributed by atoms with E-state index in [0.717, 1.165) is 24.3 Å². The lowest BCUT2D eigenvalue weighted by atomic mass is 9.97. The third kappa shape index (κ3) is 5.06. The monoisotopic (exact) mass is 309 g/mol. The first-order chi connectivity index (χ1) is 11.4. The van der Waals surface area contributed by atoms with Crippen LogP contribution < -0.4 is 10.6 Å². The van der Waals surface area contributed by atoms with Crippen LogP contribution in [0.1, 0.15) is 37.7 Å². The molecule has 2 N–H and O–H groups in total. The van der Waals surface area contributed by atoms with Crippen molar-refractivity contribution in [2.75, 3.05) is 17.2 Å². The average molecular weight is 309 g/mol. The van der Waals surface area contributed by atoms with Gasteiger partial charge in [0.2, 0.25) is 5.95 Å². The predicted molar refractivity (Wildman–Crippen MR) is 93.3 cm³/mol. The van der Waals surface area contributed by atoms with Gasteiger partial charge in [-0.05, 0) is 49.8 Å². The summed E-state index contributed by atoms with van der Waals surface area (Å²) >= 11 is 0. The van der Waals surface area contributed by atoms with Crippen molar-refractivity contribution < 1.29 is 0 Å². The summed E-state index contributed by atoms with van der Waals surface area (Å²) in [5.41, 5.74) is 2.69. The zero-order chi connectivity index (χ0) is 15.7. The number of rotatable bonds is 7. The molecule has 1 aliphatic carbocycles. The molecule has 23 heavy (non-hydrogen) atoms. The molecule has 3 rings (SSSR count). The summed E-state index contributed by atoms with van der Waals surface area (Å²) in [5.74, 6) is 1.50. The number of anilines is 2. The van der Waals surface area contributed by atoms with Gasteiger partial charge in [-0.1, -0.05) is 17.7 Å². The number of nitrogens with one attached hydrogen (secondary N) is 2. The average Bonchev–Trinajstić information content (AvgIpc) is 2.62. The fourth-order valence-electron chi connectivity index (χ4n) is 2.71. The lowest BCUT2D eigenvalue weighted by Crippen LogP contribution is -2.08. The standard InChI is InChI=1S/C18H23N5/c1-2-5-15(6-3-1)8-11-20-17-9-12-21-18(23-17)22-14-16-7-4-10-19-13-16/h4-5,7,9-10,12-13H,1-3,6,8,11,14H2,(H2,20,21,22,23). The van der Waals surface area contributed by atoms with E-state index in [2.05, 4.69) is 31.7 Å². The normalized spacial score (nSPS) is 14.2. The number of hydrogen-bond donors (Lipinski definition) is 2. The van der Waals surface area contributed by atoms with E-state index >= 15 is 0 Å². The van der Waals surface area contributed by atoms with Crippen LogP contribution >= 0.6 is 0 Å². The van der Waals surface area contributed by atoms with Crippen LogP contribution in [0.2, 0.25) is 0 Å². The Balaban J connectivity index is 1.48. The molecule has 0 saturated carbocycles. The van der Waals surface area contributed by atoms with Crippen molar-refractivity contribution in [3.8, 4) is 0 Å². The van der Waals surface area contributed by atoms with Gasteiger partial charge < -0.3 is 10.6 Å². The van der Waals surface area contributed by atoms with Crippen molar-refractivity contribution in [3.05, 3.63) is 54.0 Å². The van der Waals surface area contributed by atoms with Gasteiger partial charge >= 0.3 is 0 Å². The van der Waals surface area contributed by atoms with Crippen LogP contribution in [0, 0.1) is 0 Å². The lowest BCUT2D eigenvalue weighted by molar-refractivity contribution is 0.679. The van der Waals surface area contributed by atoms with Crippen molar-refractivity contribution in [3.63, 3.8) is 0 Å². The second-order valence-corrected chi connectivity index (χ2v) is 5.77. The maximum absolute atomic E-state index is 4.50. The van der Waals surface area contributed by atoms with E-state index in [1.54, 1.807) is 18.0 Å². The Bertz CT molecular complexity index is 639. The molecule has 0 saturated heterocycles. The molecule has 0 radical (unpaired) electrons. The van der Waals surface area contributed by atoms with Gasteiger partial charge in [-0.25, -0.2) is 4.98 Å². The zero-order valence-corrected chi connectivity index (χ0v) is 13.3. The molecule has 0 amide bonds. The minimum Gasteiger partial charge on any atom is -0.370 e. The second kappa shape index (κ2) is 8.27. The van der Waals surface area contributed by atoms with Gasteiger partial charge in [-0.2, -0.15) is 4.98 Å². The molecule has 120 valence electrons. The zero-order valence-electron chi connectivity index (χ0n) is 13.3. The van der Waals surface area contributed by atoms with Crippen LogP contribution in [-0.2, 0) is 6.54 Å². The summed E-state index contributed by atoms with van der Waals surface area (Å²) in [6.07, 6.45) is 14.1. The highest BCUT2D eigenvalue weighted by Gasteiger charge is 2.04. The molecular weight excluding hydrogens is 286 g/mol. The Labute approximate surface area is 137 Å². The van der Waals surface area contributed by atoms with Gasteiger partial charge in [0, 0.05) is 31.7 Å². The number of aromatic nitrogens is 3. The summed E-state index contributed by atoms with van der Waals surface area (Å²) in [6, 6.07) is 5.86. The molecule has 0 bridgehead atoms. The van der Waals surface area contributed by atoms with Gasteiger partial charge in [0.1, 0.15) is 5.82 Å². The SMILES string of the molecule is C1=C(CCNc2ccnc(NCc3cccnc3)n2)CCCC1. The van der Waals surface area contributed by atoms with Crippen LogP contribution in [0.15, 0.2) is 48.4 Å². The van der Waals surface area contributed by atoms with Crippen molar-refractivity contribution in [2.24, 2.45) is 0 Å². The summed E-state index contributed by atoms with van der Waals surface area (Å²) in [7, 11) is 0. The molecule has 0 unspecified atom stereocenters. The summed E-state index contributed by atoms with van der Waals surface area (Å²) < 4.78 is 0. The highest BCUT2D eigenvalue weighted by atomic mass is 15.1. The van der Waals surface area contributed by atoms with Crippen molar-refractivity contribution >= 4 is 11.8 Å². The Morgan fingerprint density at radius 3 is 2.91 bits per heavy atom. The van der Waals surface area contributed by atoms with E-state index in [9.17, 15) is 0 Å². The van der Waals surface area contributed by atoms with E-state index in [0.29, 0.717) is 12.5 Å². The first-order valence-corrected chi connectivity index (χ1v) is 8.28. The smallest absolute Gasteiger partial charge is 0.224 e. The molecule has 0 atom stereocenters. The molecule has 0 spiro atoms. The quantitative estimate of drug-likeness (QED) is 0.762. The number of pyridine rings is 1. The minimum atomic E-state index is 0.635. The Kier molecular flexibility index (Phi) is 5.56. The highest BCUT2D eigenvalue weighted by Crippen LogP contribution is 2.20. The first kappa shape index (κ1) is 15.5. The van der Waals surface area contributed by atoms with Gasteiger partial charge in [0.05, 0.1) is 0 Å². The maximum atomic E-state index is 4.50. The maximum Gasteiger partial charge on any atom is 0.224 e. The van der Waals surface area contributed by atoms with E-state index in [4.69, 9.17) is 0 Å². The number of hydrogen-bond acceptors (Lipinski definition) is 5. The number of nitrogens with zero attached hydrogens (tertiary/aromatic N) is 3. The fraction of sp³-hybridized carbons (Fsp3) is 0.389. The minimum absolute atomic E-state index is 0.635. The van der Waals surface area contributed by atoms with E-state index in [-0.39, 0.29) is 0 Å². The van der Waals surface area contributed by atoms with Crippen LogP contribution in [0.25, 0.3) is 0 Å². The van der Waals surface area contributed by atoms with E-state index in [1.165, 1.54) is 25.7 Å². The van der Waals surface area contributed by atoms with Crippen molar-refractivity contribution in [1.82, 2.24) is 15.0 Å². The third-order valence-corrected chi connectivity index (χ3v) is 3.97. The molecule has 2 heterocycles. The van der Waals surface area contributed by atoms with Crippen LogP contribution in [0.3, 0.4) is 0 Å². The first-order valence-electron chi connectivity index (χ1n) is 8.28. The van der Waals surface area contributed by atoms with E-state index in [1.807, 2.05) is 24.4 Å². The summed E-state index contributed by atoms with van der Waals surface area (Å²) in [5, 5.41) is 6.61. The molecule has 0 aromatic carbocycles. The van der Waals surface area contributed by atoms with Crippen LogP contribution in [0.5, 0.6) is 0 Å². The molecule has 1 aliphatic rings. The molecule has 0 fully saturated rings. The van der Waals surface area contributed by atoms with Crippen LogP contribution in [-0.4, -0.2) is 21.5 Å². The molecule has 5 heteroatoms. The van der Waals surface area contributed by atoms with Gasteiger partial charge in [-0.3, -0.25) is 4.98 Å². The molecule has 0 aliphatic heterocycles. The molecule has 2 aromatic rings.